The van der Waals surface area contributed by atoms with Gasteiger partial charge in [0.15, 0.2) is 0 Å². The Morgan fingerprint density at radius 3 is 2.62 bits per heavy atom. The minimum atomic E-state index is -5.14. The molecule has 0 atom stereocenters. The van der Waals surface area contributed by atoms with E-state index in [9.17, 15) is 22.8 Å². The van der Waals surface area contributed by atoms with Crippen LogP contribution in [0.2, 0.25) is 5.02 Å². The number of rotatable bonds is 6. The lowest BCUT2D eigenvalue weighted by molar-refractivity contribution is -0.189. The molecule has 3 aliphatic rings. The highest BCUT2D eigenvalue weighted by atomic mass is 35.5. The van der Waals surface area contributed by atoms with Crippen LogP contribution >= 0.6 is 22.9 Å². The molecule has 2 bridgehead atoms. The number of nitrogens with zero attached hydrogens (tertiary/aromatic N) is 4. The minimum Gasteiger partial charge on any atom is -0.420 e. The van der Waals surface area contributed by atoms with Crippen molar-refractivity contribution in [3.8, 4) is 5.75 Å². The van der Waals surface area contributed by atoms with Gasteiger partial charge >= 0.3 is 12.1 Å². The summed E-state index contributed by atoms with van der Waals surface area (Å²) in [6.45, 7) is 1.82. The number of benzene rings is 1. The first kappa shape index (κ1) is 27.0. The Morgan fingerprint density at radius 2 is 1.90 bits per heavy atom. The molecule has 13 heteroatoms. The molecule has 0 unspecified atom stereocenters. The Morgan fingerprint density at radius 1 is 1.15 bits per heavy atom. The number of halogens is 4. The van der Waals surface area contributed by atoms with E-state index < -0.39 is 12.1 Å². The number of thiophene rings is 1. The zero-order chi connectivity index (χ0) is 28.0. The molecule has 3 aromatic rings. The van der Waals surface area contributed by atoms with Crippen molar-refractivity contribution in [1.29, 1.82) is 0 Å². The standard InChI is InChI=1S/C27H25ClF3N5O3S/c28-15-10-16(12-19(11-15)39-26(38)27(29,30)31)34-24-23-20-7-9-35(13-21(20)40-25(23)33-14-32-24)22(37)2-1-8-36-17-3-4-18(36)6-5-17/h1-2,10-12,14,17-18H,3-9,13H2,(H,32,33,34)/b2-1+. The summed E-state index contributed by atoms with van der Waals surface area (Å²) >= 11 is 7.55. The summed E-state index contributed by atoms with van der Waals surface area (Å²) in [5.74, 6) is -2.26. The Labute approximate surface area is 236 Å². The molecular weight excluding hydrogens is 567 g/mol. The van der Waals surface area contributed by atoms with E-state index in [4.69, 9.17) is 11.6 Å². The van der Waals surface area contributed by atoms with Gasteiger partial charge < -0.3 is 15.0 Å². The van der Waals surface area contributed by atoms with Crippen molar-refractivity contribution in [2.75, 3.05) is 18.4 Å². The SMILES string of the molecule is O=C(/C=C/CN1C2CCC1CC2)N1CCc2c(sc3ncnc(Nc4cc(Cl)cc(OC(=O)C(F)(F)F)c4)c23)C1. The number of carbonyl (C=O) groups excluding carboxylic acids is 2. The fraction of sp³-hybridized carbons (Fsp3) is 0.407. The zero-order valence-corrected chi connectivity index (χ0v) is 22.8. The summed E-state index contributed by atoms with van der Waals surface area (Å²) < 4.78 is 42.4. The van der Waals surface area contributed by atoms with Crippen molar-refractivity contribution >= 4 is 56.5 Å². The van der Waals surface area contributed by atoms with E-state index in [1.807, 2.05) is 11.0 Å². The molecule has 3 aliphatic heterocycles. The normalized spacial score (nSPS) is 20.9. The molecule has 0 radical (unpaired) electrons. The summed E-state index contributed by atoms with van der Waals surface area (Å²) in [5, 5.41) is 3.94. The van der Waals surface area contributed by atoms with E-state index >= 15 is 0 Å². The molecule has 6 rings (SSSR count). The highest BCUT2D eigenvalue weighted by Crippen LogP contribution is 2.39. The largest absolute Gasteiger partial charge is 0.491 e. The molecule has 1 aromatic carbocycles. The molecule has 0 aliphatic carbocycles. The van der Waals surface area contributed by atoms with E-state index in [-0.39, 0.29) is 16.7 Å². The predicted molar refractivity (Wildman–Crippen MR) is 145 cm³/mol. The minimum absolute atomic E-state index is 0.0149. The van der Waals surface area contributed by atoms with E-state index in [2.05, 4.69) is 24.9 Å². The van der Waals surface area contributed by atoms with E-state index in [1.54, 1.807) is 6.08 Å². The molecule has 2 aromatic heterocycles. The average molecular weight is 592 g/mol. The molecule has 5 heterocycles. The van der Waals surface area contributed by atoms with Crippen LogP contribution in [-0.4, -0.2) is 63.0 Å². The molecule has 1 amide bonds. The second-order valence-electron chi connectivity index (χ2n) is 10.2. The Kier molecular flexibility index (Phi) is 7.18. The number of carbonyl (C=O) groups is 2. The van der Waals surface area contributed by atoms with Gasteiger partial charge in [0.05, 0.1) is 11.9 Å². The van der Waals surface area contributed by atoms with Crippen LogP contribution in [0.15, 0.2) is 36.7 Å². The van der Waals surface area contributed by atoms with Gasteiger partial charge in [-0.1, -0.05) is 17.7 Å². The average Bonchev–Trinajstić information content (AvgIpc) is 3.59. The van der Waals surface area contributed by atoms with Crippen LogP contribution in [0, 0.1) is 0 Å². The Balaban J connectivity index is 1.17. The van der Waals surface area contributed by atoms with E-state index in [0.29, 0.717) is 43.1 Å². The van der Waals surface area contributed by atoms with Crippen LogP contribution in [0.25, 0.3) is 10.2 Å². The molecule has 210 valence electrons. The Bertz CT molecular complexity index is 1490. The maximum Gasteiger partial charge on any atom is 0.491 e. The Hall–Kier alpha value is -3.22. The van der Waals surface area contributed by atoms with Crippen molar-refractivity contribution in [1.82, 2.24) is 19.8 Å². The summed E-state index contributed by atoms with van der Waals surface area (Å²) in [6.07, 6.45) is 5.57. The topological polar surface area (TPSA) is 87.7 Å². The van der Waals surface area contributed by atoms with Crippen LogP contribution in [0.4, 0.5) is 24.7 Å². The van der Waals surface area contributed by atoms with Gasteiger partial charge in [0.1, 0.15) is 22.7 Å². The second kappa shape index (κ2) is 10.6. The fourth-order valence-electron chi connectivity index (χ4n) is 5.90. The van der Waals surface area contributed by atoms with Crippen molar-refractivity contribution in [2.24, 2.45) is 0 Å². The van der Waals surface area contributed by atoms with E-state index in [0.717, 1.165) is 33.3 Å². The maximum atomic E-state index is 13.0. The lowest BCUT2D eigenvalue weighted by atomic mass is 10.0. The molecule has 8 nitrogen and oxygen atoms in total. The predicted octanol–water partition coefficient (Wildman–Crippen LogP) is 5.62. The molecule has 2 fully saturated rings. The van der Waals surface area contributed by atoms with Crippen LogP contribution in [-0.2, 0) is 22.6 Å². The van der Waals surface area contributed by atoms with Crippen LogP contribution in [0.3, 0.4) is 0 Å². The number of ether oxygens (including phenoxy) is 1. The van der Waals surface area contributed by atoms with Crippen LogP contribution in [0.5, 0.6) is 5.75 Å². The monoisotopic (exact) mass is 591 g/mol. The van der Waals surface area contributed by atoms with Crippen LogP contribution < -0.4 is 10.1 Å². The summed E-state index contributed by atoms with van der Waals surface area (Å²) in [5.41, 5.74) is 1.32. The number of nitrogens with one attached hydrogen (secondary N) is 1. The first-order chi connectivity index (χ1) is 19.2. The van der Waals surface area contributed by atoms with Crippen molar-refractivity contribution < 1.29 is 27.5 Å². The number of hydrogen-bond donors (Lipinski definition) is 1. The smallest absolute Gasteiger partial charge is 0.420 e. The van der Waals surface area contributed by atoms with Gasteiger partial charge in [0, 0.05) is 52.9 Å². The number of aromatic nitrogens is 2. The molecular formula is C27H25ClF3N5O3S. The number of esters is 1. The molecule has 1 N–H and O–H groups in total. The zero-order valence-electron chi connectivity index (χ0n) is 21.2. The lowest BCUT2D eigenvalue weighted by Crippen LogP contribution is -2.34. The van der Waals surface area contributed by atoms with Gasteiger partial charge in [-0.2, -0.15) is 13.2 Å². The van der Waals surface area contributed by atoms with Gasteiger partial charge in [-0.3, -0.25) is 9.69 Å². The number of alkyl halides is 3. The van der Waals surface area contributed by atoms with Gasteiger partial charge in [-0.15, -0.1) is 11.3 Å². The molecule has 40 heavy (non-hydrogen) atoms. The van der Waals surface area contributed by atoms with Gasteiger partial charge in [0.2, 0.25) is 5.91 Å². The summed E-state index contributed by atoms with van der Waals surface area (Å²) in [6, 6.07) is 5.17. The highest BCUT2D eigenvalue weighted by Gasteiger charge is 2.41. The molecule has 2 saturated heterocycles. The van der Waals surface area contributed by atoms with Crippen LogP contribution in [0.1, 0.15) is 36.1 Å². The van der Waals surface area contributed by atoms with Crippen molar-refractivity contribution in [3.05, 3.63) is 52.1 Å². The first-order valence-electron chi connectivity index (χ1n) is 13.0. The van der Waals surface area contributed by atoms with Gasteiger partial charge in [0.25, 0.3) is 0 Å². The maximum absolute atomic E-state index is 13.0. The number of amides is 1. The summed E-state index contributed by atoms with van der Waals surface area (Å²) in [7, 11) is 0. The second-order valence-corrected chi connectivity index (χ2v) is 11.7. The quantitative estimate of drug-likeness (QED) is 0.226. The number of anilines is 2. The first-order valence-corrected chi connectivity index (χ1v) is 14.2. The molecule has 0 spiro atoms. The third kappa shape index (κ3) is 5.39. The lowest BCUT2D eigenvalue weighted by Gasteiger charge is -2.26. The third-order valence-corrected chi connectivity index (χ3v) is 9.05. The van der Waals surface area contributed by atoms with E-state index in [1.165, 1.54) is 55.5 Å². The number of hydrogen-bond acceptors (Lipinski definition) is 8. The third-order valence-electron chi connectivity index (χ3n) is 7.71. The number of fused-ring (bicyclic) bond motifs is 5. The van der Waals surface area contributed by atoms with Gasteiger partial charge in [-0.05, 0) is 49.8 Å². The molecule has 0 saturated carbocycles. The summed E-state index contributed by atoms with van der Waals surface area (Å²) in [4.78, 5) is 39.0. The van der Waals surface area contributed by atoms with Crippen molar-refractivity contribution in [3.63, 3.8) is 0 Å². The fourth-order valence-corrected chi connectivity index (χ4v) is 7.33. The highest BCUT2D eigenvalue weighted by molar-refractivity contribution is 7.19. The van der Waals surface area contributed by atoms with Gasteiger partial charge in [-0.25, -0.2) is 14.8 Å². The van der Waals surface area contributed by atoms with Crippen molar-refractivity contribution in [2.45, 2.75) is 56.9 Å².